The molecule has 5 heteroatoms. The Hall–Kier alpha value is -8.41. The van der Waals surface area contributed by atoms with Crippen molar-refractivity contribution in [2.45, 2.75) is 33.1 Å². The van der Waals surface area contributed by atoms with Gasteiger partial charge in [-0.15, -0.1) is 0 Å². The van der Waals surface area contributed by atoms with E-state index in [9.17, 15) is 0 Å². The SMILES string of the molecule is CC.CC1(C)c2ccc(-c3cccc4c5cc6ccccc6cc5n(-c5nc(-c6ccc7ccccc7c6)nc(-c6ccc7c(c6)oc6ccccc67)n5)c34)cc2-c2c1ccc1ccccc21. The van der Waals surface area contributed by atoms with Crippen LogP contribution in [-0.4, -0.2) is 19.5 Å². The normalized spacial score (nSPS) is 12.9. The molecule has 0 saturated heterocycles. The summed E-state index contributed by atoms with van der Waals surface area (Å²) in [5.74, 6) is 1.71. The molecule has 1 aliphatic carbocycles. The lowest BCUT2D eigenvalue weighted by Crippen LogP contribution is -2.14. The molecule has 1 aliphatic rings. The Morgan fingerprint density at radius 3 is 1.81 bits per heavy atom. The summed E-state index contributed by atoms with van der Waals surface area (Å²) in [7, 11) is 0. The van der Waals surface area contributed by atoms with E-state index in [1.807, 2.05) is 32.0 Å². The highest BCUT2D eigenvalue weighted by Crippen LogP contribution is 2.53. The van der Waals surface area contributed by atoms with Crippen LogP contribution in [0.25, 0.3) is 127 Å². The molecule has 0 N–H and O–H groups in total. The van der Waals surface area contributed by atoms with E-state index in [0.717, 1.165) is 82.2 Å². The van der Waals surface area contributed by atoms with Crippen LogP contribution < -0.4 is 0 Å². The molecule has 5 nitrogen and oxygen atoms in total. The van der Waals surface area contributed by atoms with Crippen molar-refractivity contribution >= 4 is 76.1 Å². The average molecular weight is 861 g/mol. The number of rotatable bonds is 4. The van der Waals surface area contributed by atoms with Gasteiger partial charge in [-0.3, -0.25) is 4.57 Å². The first-order valence-corrected chi connectivity index (χ1v) is 23.3. The summed E-state index contributed by atoms with van der Waals surface area (Å²) in [6, 6.07) is 69.7. The van der Waals surface area contributed by atoms with Crippen molar-refractivity contribution in [1.82, 2.24) is 19.5 Å². The molecule has 0 atom stereocenters. The molecule has 0 bridgehead atoms. The van der Waals surface area contributed by atoms with Crippen molar-refractivity contribution < 1.29 is 4.42 Å². The monoisotopic (exact) mass is 860 g/mol. The fourth-order valence-electron chi connectivity index (χ4n) is 10.8. The number of benzene rings is 10. The van der Waals surface area contributed by atoms with E-state index >= 15 is 0 Å². The van der Waals surface area contributed by atoms with Gasteiger partial charge in [0.1, 0.15) is 11.2 Å². The molecule has 0 spiro atoms. The van der Waals surface area contributed by atoms with Gasteiger partial charge in [0.2, 0.25) is 5.95 Å². The van der Waals surface area contributed by atoms with Gasteiger partial charge in [0, 0.05) is 43.7 Å². The number of furan rings is 1. The first kappa shape index (κ1) is 39.0. The summed E-state index contributed by atoms with van der Waals surface area (Å²) in [6.07, 6.45) is 0. The molecule has 10 aromatic carbocycles. The fraction of sp³-hybridized carbons (Fsp3) is 0.0806. The maximum atomic E-state index is 6.41. The average Bonchev–Trinajstić information content (AvgIpc) is 4.00. The van der Waals surface area contributed by atoms with E-state index in [1.54, 1.807) is 0 Å². The molecule has 318 valence electrons. The van der Waals surface area contributed by atoms with Gasteiger partial charge < -0.3 is 4.42 Å². The Labute approximate surface area is 387 Å². The van der Waals surface area contributed by atoms with Gasteiger partial charge in [0.05, 0.1) is 11.0 Å². The van der Waals surface area contributed by atoms with Crippen LogP contribution in [0, 0.1) is 0 Å². The standard InChI is InChI=1S/C60H38N4O.C2H6/c1-60(2)50-28-26-40(32-49(50)55-43-17-8-7-13-36(43)25-29-51(55)60)44-19-11-20-47-48-31-38-15-5-6-16-39(38)33-52(48)64(56(44)47)59-62-57(41-23-22-35-12-3-4-14-37(35)30-41)61-58(63-59)42-24-27-46-45-18-9-10-21-53(45)65-54(46)34-42;1-2/h3-34H,1-2H3;1-2H3. The lowest BCUT2D eigenvalue weighted by atomic mass is 9.82. The first-order valence-electron chi connectivity index (χ1n) is 23.3. The largest absolute Gasteiger partial charge is 0.456 e. The highest BCUT2D eigenvalue weighted by Gasteiger charge is 2.36. The van der Waals surface area contributed by atoms with Gasteiger partial charge in [-0.05, 0) is 103 Å². The predicted octanol–water partition coefficient (Wildman–Crippen LogP) is 16.7. The molecule has 0 unspecified atom stereocenters. The van der Waals surface area contributed by atoms with Crippen LogP contribution in [0.4, 0.5) is 0 Å². The molecule has 3 heterocycles. The summed E-state index contributed by atoms with van der Waals surface area (Å²) in [5, 5.41) is 11.6. The molecule has 0 amide bonds. The minimum atomic E-state index is -0.139. The van der Waals surface area contributed by atoms with Gasteiger partial charge >= 0.3 is 0 Å². The molecule has 0 aliphatic heterocycles. The molecule has 0 saturated carbocycles. The van der Waals surface area contributed by atoms with Gasteiger partial charge in [-0.1, -0.05) is 179 Å². The van der Waals surface area contributed by atoms with Crippen LogP contribution in [0.2, 0.25) is 0 Å². The molecule has 0 radical (unpaired) electrons. The second-order valence-electron chi connectivity index (χ2n) is 18.0. The zero-order valence-electron chi connectivity index (χ0n) is 37.7. The summed E-state index contributed by atoms with van der Waals surface area (Å²) >= 11 is 0. The van der Waals surface area contributed by atoms with Gasteiger partial charge in [-0.25, -0.2) is 4.98 Å². The second kappa shape index (κ2) is 14.8. The molecular formula is C62H44N4O. The van der Waals surface area contributed by atoms with Crippen LogP contribution in [0.3, 0.4) is 0 Å². The quantitative estimate of drug-likeness (QED) is 0.177. The van der Waals surface area contributed by atoms with Crippen LogP contribution in [0.5, 0.6) is 0 Å². The maximum absolute atomic E-state index is 6.41. The van der Waals surface area contributed by atoms with Crippen molar-refractivity contribution in [2.75, 3.05) is 0 Å². The third-order valence-corrected chi connectivity index (χ3v) is 14.0. The zero-order chi connectivity index (χ0) is 45.0. The highest BCUT2D eigenvalue weighted by molar-refractivity contribution is 6.17. The van der Waals surface area contributed by atoms with E-state index in [2.05, 4.69) is 194 Å². The second-order valence-corrected chi connectivity index (χ2v) is 18.0. The highest BCUT2D eigenvalue weighted by atomic mass is 16.3. The Bertz CT molecular complexity index is 4170. The van der Waals surface area contributed by atoms with Crippen molar-refractivity contribution in [3.8, 4) is 51.0 Å². The minimum Gasteiger partial charge on any atom is -0.456 e. The lowest BCUT2D eigenvalue weighted by Gasteiger charge is -2.21. The van der Waals surface area contributed by atoms with Gasteiger partial charge in [-0.2, -0.15) is 9.97 Å². The topological polar surface area (TPSA) is 56.7 Å². The smallest absolute Gasteiger partial charge is 0.238 e. The van der Waals surface area contributed by atoms with Crippen LogP contribution in [0.1, 0.15) is 38.8 Å². The van der Waals surface area contributed by atoms with E-state index in [4.69, 9.17) is 19.4 Å². The third-order valence-electron chi connectivity index (χ3n) is 14.0. The lowest BCUT2D eigenvalue weighted by molar-refractivity contribution is 0.661. The molecule has 13 aromatic rings. The Kier molecular flexibility index (Phi) is 8.62. The van der Waals surface area contributed by atoms with Crippen LogP contribution in [-0.2, 0) is 5.41 Å². The summed E-state index contributed by atoms with van der Waals surface area (Å²) in [5.41, 5.74) is 12.9. The molecular weight excluding hydrogens is 817 g/mol. The van der Waals surface area contributed by atoms with E-state index in [-0.39, 0.29) is 5.41 Å². The molecule has 3 aromatic heterocycles. The third kappa shape index (κ3) is 5.91. The maximum Gasteiger partial charge on any atom is 0.238 e. The Balaban J connectivity index is 0.00000220. The van der Waals surface area contributed by atoms with E-state index in [1.165, 1.54) is 38.4 Å². The zero-order valence-corrected chi connectivity index (χ0v) is 37.7. The number of hydrogen-bond acceptors (Lipinski definition) is 4. The van der Waals surface area contributed by atoms with Crippen molar-refractivity contribution in [2.24, 2.45) is 0 Å². The van der Waals surface area contributed by atoms with Crippen LogP contribution >= 0.6 is 0 Å². The Morgan fingerprint density at radius 1 is 0.403 bits per heavy atom. The van der Waals surface area contributed by atoms with Crippen molar-refractivity contribution in [1.29, 1.82) is 0 Å². The van der Waals surface area contributed by atoms with Gasteiger partial charge in [0.15, 0.2) is 11.6 Å². The fourth-order valence-corrected chi connectivity index (χ4v) is 10.8. The molecule has 67 heavy (non-hydrogen) atoms. The summed E-state index contributed by atoms with van der Waals surface area (Å²) in [4.78, 5) is 16.2. The van der Waals surface area contributed by atoms with E-state index < -0.39 is 0 Å². The van der Waals surface area contributed by atoms with E-state index in [0.29, 0.717) is 17.6 Å². The number of hydrogen-bond donors (Lipinski definition) is 0. The van der Waals surface area contributed by atoms with Crippen LogP contribution in [0.15, 0.2) is 199 Å². The van der Waals surface area contributed by atoms with Crippen molar-refractivity contribution in [3.05, 3.63) is 205 Å². The van der Waals surface area contributed by atoms with Gasteiger partial charge in [0.25, 0.3) is 0 Å². The number of para-hydroxylation sites is 2. The molecule has 0 fully saturated rings. The summed E-state index contributed by atoms with van der Waals surface area (Å²) in [6.45, 7) is 8.71. The molecule has 14 rings (SSSR count). The predicted molar refractivity (Wildman–Crippen MR) is 279 cm³/mol. The van der Waals surface area contributed by atoms with Crippen molar-refractivity contribution in [3.63, 3.8) is 0 Å². The minimum absolute atomic E-state index is 0.139. The Morgan fingerprint density at radius 2 is 1.00 bits per heavy atom. The summed E-state index contributed by atoms with van der Waals surface area (Å²) < 4.78 is 8.69. The number of fused-ring (bicyclic) bond motifs is 13. The number of nitrogens with zero attached hydrogens (tertiary/aromatic N) is 4. The number of aromatic nitrogens is 4. The first-order chi connectivity index (χ1) is 32.9.